The van der Waals surface area contributed by atoms with Crippen molar-refractivity contribution in [2.45, 2.75) is 109 Å². The van der Waals surface area contributed by atoms with Crippen molar-refractivity contribution in [2.75, 3.05) is 57.3 Å². The van der Waals surface area contributed by atoms with E-state index in [1.165, 1.54) is 18.1 Å². The quantitative estimate of drug-likeness (QED) is 0.0676. The Bertz CT molecular complexity index is 2820. The number of amides is 5. The van der Waals surface area contributed by atoms with Crippen molar-refractivity contribution in [1.29, 1.82) is 0 Å². The van der Waals surface area contributed by atoms with Crippen LogP contribution < -0.4 is 20.9 Å². The molecule has 5 aromatic rings. The highest BCUT2D eigenvalue weighted by atomic mass is 16.3. The van der Waals surface area contributed by atoms with Gasteiger partial charge in [0.1, 0.15) is 11.8 Å². The molecule has 1 saturated carbocycles. The molecule has 10 rings (SSSR count). The summed E-state index contributed by atoms with van der Waals surface area (Å²) >= 11 is 0. The number of para-hydroxylation sites is 1. The largest absolute Gasteiger partial charge is 0.507 e. The average molecular weight is 993 g/mol. The van der Waals surface area contributed by atoms with Crippen molar-refractivity contribution in [2.24, 2.45) is 10.8 Å². The second-order valence-electron chi connectivity index (χ2n) is 21.4. The van der Waals surface area contributed by atoms with E-state index in [0.717, 1.165) is 85.5 Å². The predicted octanol–water partition coefficient (Wildman–Crippen LogP) is 5.03. The minimum Gasteiger partial charge on any atom is -0.507 e. The molecule has 18 heteroatoms. The van der Waals surface area contributed by atoms with Crippen molar-refractivity contribution in [3.63, 3.8) is 0 Å². The van der Waals surface area contributed by atoms with Crippen LogP contribution in [0.3, 0.4) is 0 Å². The van der Waals surface area contributed by atoms with Gasteiger partial charge in [-0.1, -0.05) is 44.0 Å². The van der Waals surface area contributed by atoms with Gasteiger partial charge in [-0.05, 0) is 111 Å². The van der Waals surface area contributed by atoms with Crippen LogP contribution in [0.4, 0.5) is 10.7 Å². The molecular formula is C55H68N12O6. The Balaban J connectivity index is 0.000000482. The van der Waals surface area contributed by atoms with E-state index in [9.17, 15) is 29.4 Å². The van der Waals surface area contributed by atoms with Crippen LogP contribution in [0.25, 0.3) is 22.3 Å². The highest BCUT2D eigenvalue weighted by Gasteiger charge is 2.56. The number of anilines is 1. The lowest BCUT2D eigenvalue weighted by Crippen LogP contribution is -2.70. The summed E-state index contributed by atoms with van der Waals surface area (Å²) in [5.41, 5.74) is 6.95. The second-order valence-corrected chi connectivity index (χ2v) is 21.4. The number of nitrogens with one attached hydrogen (secondary N) is 4. The molecule has 3 unspecified atom stereocenters. The fourth-order valence-corrected chi connectivity index (χ4v) is 11.6. The number of hydrogen-bond donors (Lipinski definition) is 6. The van der Waals surface area contributed by atoms with Gasteiger partial charge in [-0.25, -0.2) is 14.8 Å². The number of aliphatic hydroxyl groups is 1. The van der Waals surface area contributed by atoms with Crippen LogP contribution >= 0.6 is 0 Å². The van der Waals surface area contributed by atoms with Gasteiger partial charge < -0.3 is 50.7 Å². The summed E-state index contributed by atoms with van der Waals surface area (Å²) in [6, 6.07) is 16.2. The normalized spacial score (nSPS) is 20.2. The molecule has 18 nitrogen and oxygen atoms in total. The summed E-state index contributed by atoms with van der Waals surface area (Å²) < 4.78 is 0. The standard InChI is InChI=1S/C45H59N11O5.C10H9NO/c1-27-38-34-19-36(33-7-5-6-8-37(33)59)51-52-40(34)49-35(38)12-18-56(27)42-47-22-30(23-48-42)29-9-15-53(16-10-29)31-20-45(21-31)25-55(26-45)43(61)50-39(41(60)54-17-11-32(58)24-54)44(3,4)13-14-46-28(2)57;1-2-9-3-5-10(6-4-9)7-11-8-12/h5-8,19,22-23,27,29,31-32,39,58-59H,9-18,20-21,24-26H2,1-4H3,(H,46,57)(H,49,52)(H,50,61);1,3-6,8H,7H2,(H,11,12). The maximum Gasteiger partial charge on any atom is 0.318 e. The van der Waals surface area contributed by atoms with Crippen LogP contribution in [-0.2, 0) is 27.3 Å². The first-order valence-electron chi connectivity index (χ1n) is 25.6. The third-order valence-corrected chi connectivity index (χ3v) is 15.9. The summed E-state index contributed by atoms with van der Waals surface area (Å²) in [6.07, 6.45) is 15.5. The molecule has 0 bridgehead atoms. The van der Waals surface area contributed by atoms with Crippen LogP contribution in [0.15, 0.2) is 67.0 Å². The molecule has 4 aliphatic heterocycles. The van der Waals surface area contributed by atoms with E-state index in [-0.39, 0.29) is 41.6 Å². The van der Waals surface area contributed by atoms with Gasteiger partial charge in [0.05, 0.1) is 17.8 Å². The Morgan fingerprint density at radius 1 is 0.986 bits per heavy atom. The highest BCUT2D eigenvalue weighted by molar-refractivity contribution is 5.89. The Morgan fingerprint density at radius 3 is 2.37 bits per heavy atom. The number of fused-ring (bicyclic) bond motifs is 3. The number of terminal acetylenes is 1. The van der Waals surface area contributed by atoms with Gasteiger partial charge in [0.2, 0.25) is 24.2 Å². The number of benzene rings is 2. The lowest BCUT2D eigenvalue weighted by molar-refractivity contribution is -0.136. The number of urea groups is 1. The van der Waals surface area contributed by atoms with E-state index in [0.29, 0.717) is 75.2 Å². The molecule has 73 heavy (non-hydrogen) atoms. The topological polar surface area (TPSA) is 225 Å². The molecule has 3 atom stereocenters. The smallest absolute Gasteiger partial charge is 0.318 e. The number of aliphatic hydroxyl groups excluding tert-OH is 1. The molecule has 4 fully saturated rings. The Morgan fingerprint density at radius 2 is 1.71 bits per heavy atom. The van der Waals surface area contributed by atoms with Crippen molar-refractivity contribution in [3.05, 3.63) is 94.9 Å². The van der Waals surface area contributed by atoms with E-state index in [1.54, 1.807) is 17.0 Å². The zero-order valence-corrected chi connectivity index (χ0v) is 42.3. The third-order valence-electron chi connectivity index (χ3n) is 15.9. The van der Waals surface area contributed by atoms with Crippen molar-refractivity contribution < 1.29 is 29.4 Å². The predicted molar refractivity (Wildman–Crippen MR) is 277 cm³/mol. The molecule has 0 radical (unpaired) electrons. The van der Waals surface area contributed by atoms with Gasteiger partial charge in [-0.3, -0.25) is 14.4 Å². The average Bonchev–Trinajstić information content (AvgIpc) is 3.98. The molecule has 5 aliphatic rings. The van der Waals surface area contributed by atoms with Crippen LogP contribution in [-0.4, -0.2) is 145 Å². The number of aromatic nitrogens is 5. The number of phenols is 1. The summed E-state index contributed by atoms with van der Waals surface area (Å²) in [4.78, 5) is 70.5. The number of piperidine rings is 1. The Kier molecular flexibility index (Phi) is 15.0. The lowest BCUT2D eigenvalue weighted by Gasteiger charge is -2.61. The lowest BCUT2D eigenvalue weighted by atomic mass is 9.60. The number of aromatic hydroxyl groups is 1. The maximum absolute atomic E-state index is 13.7. The number of aromatic amines is 1. The second kappa shape index (κ2) is 21.5. The molecule has 2 aromatic carbocycles. The van der Waals surface area contributed by atoms with E-state index in [1.807, 2.05) is 73.6 Å². The molecule has 384 valence electrons. The fourth-order valence-electron chi connectivity index (χ4n) is 11.6. The van der Waals surface area contributed by atoms with Crippen molar-refractivity contribution >= 4 is 41.2 Å². The molecule has 3 aromatic heterocycles. The third kappa shape index (κ3) is 11.1. The van der Waals surface area contributed by atoms with Crippen molar-refractivity contribution in [3.8, 4) is 29.4 Å². The summed E-state index contributed by atoms with van der Waals surface area (Å²) in [6.45, 7) is 13.5. The Hall–Kier alpha value is -7.10. The number of carbonyl (C=O) groups excluding carboxylic acids is 4. The van der Waals surface area contributed by atoms with Gasteiger partial charge in [-0.2, -0.15) is 0 Å². The zero-order valence-electron chi connectivity index (χ0n) is 42.3. The Labute approximate surface area is 426 Å². The minimum absolute atomic E-state index is 0.0203. The number of H-pyrrole nitrogens is 1. The van der Waals surface area contributed by atoms with Gasteiger partial charge in [-0.15, -0.1) is 16.6 Å². The monoisotopic (exact) mass is 993 g/mol. The number of carbonyl (C=O) groups is 4. The summed E-state index contributed by atoms with van der Waals surface area (Å²) in [5, 5.41) is 38.9. The van der Waals surface area contributed by atoms with Crippen LogP contribution in [0, 0.1) is 23.2 Å². The van der Waals surface area contributed by atoms with E-state index in [2.05, 4.69) is 53.8 Å². The SMILES string of the molecule is C#Cc1ccc(CNC=O)cc1.CC(=O)NCCC(C)(C)C(NC(=O)N1CC2(CC(N3CCC(c4cnc(N5CCc6[nH]c7nnc(-c8ccccc8O)cc7c6C5C)nc4)CC3)C2)C1)C(=O)N1CCC(O)C1. The first-order chi connectivity index (χ1) is 35.1. The van der Waals surface area contributed by atoms with Crippen LogP contribution in [0.2, 0.25) is 0 Å². The maximum atomic E-state index is 13.7. The first kappa shape index (κ1) is 50.8. The van der Waals surface area contributed by atoms with Gasteiger partial charge >= 0.3 is 6.03 Å². The van der Waals surface area contributed by atoms with Crippen LogP contribution in [0.1, 0.15) is 106 Å². The number of likely N-dealkylation sites (tertiary alicyclic amines) is 3. The fraction of sp³-hybridized carbons (Fsp3) is 0.491. The van der Waals surface area contributed by atoms with Gasteiger partial charge in [0, 0.05) is 111 Å². The van der Waals surface area contributed by atoms with Crippen molar-refractivity contribution in [1.82, 2.24) is 55.8 Å². The summed E-state index contributed by atoms with van der Waals surface area (Å²) in [7, 11) is 0. The zero-order chi connectivity index (χ0) is 51.4. The number of rotatable bonds is 13. The van der Waals surface area contributed by atoms with Gasteiger partial charge in [0.15, 0.2) is 5.65 Å². The first-order valence-corrected chi connectivity index (χ1v) is 25.6. The van der Waals surface area contributed by atoms with Crippen LogP contribution in [0.5, 0.6) is 5.75 Å². The summed E-state index contributed by atoms with van der Waals surface area (Å²) in [5.74, 6) is 3.52. The number of β-amino-alcohol motifs (C(OH)–C–C–N with tert-alkyl or cyclic N) is 1. The number of phenolic OH excluding ortho intramolecular Hbond substituents is 1. The number of hydrogen-bond acceptors (Lipinski definition) is 12. The molecule has 3 saturated heterocycles. The minimum atomic E-state index is -0.767. The molecule has 5 amide bonds. The van der Waals surface area contributed by atoms with Gasteiger partial charge in [0.25, 0.3) is 0 Å². The molecule has 6 N–H and O–H groups in total. The molecule has 1 spiro atoms. The highest BCUT2D eigenvalue weighted by Crippen LogP contribution is 2.51. The van der Waals surface area contributed by atoms with E-state index < -0.39 is 17.6 Å². The molecule has 1 aliphatic carbocycles. The van der Waals surface area contributed by atoms with E-state index in [4.69, 9.17) is 16.4 Å². The molecule has 7 heterocycles. The number of nitrogens with zero attached hydrogens (tertiary/aromatic N) is 8. The van der Waals surface area contributed by atoms with E-state index >= 15 is 0 Å². The molecular weight excluding hydrogens is 925 g/mol.